The van der Waals surface area contributed by atoms with Crippen LogP contribution in [0.1, 0.15) is 98.2 Å². The molecule has 2 atom stereocenters. The van der Waals surface area contributed by atoms with E-state index >= 15 is 0 Å². The fourth-order valence-electron chi connectivity index (χ4n) is 6.70. The maximum Gasteiger partial charge on any atom is 0.158 e. The van der Waals surface area contributed by atoms with Crippen LogP contribution < -0.4 is 9.47 Å². The fraction of sp³-hybridized carbons (Fsp3) is 0.435. The van der Waals surface area contributed by atoms with Crippen molar-refractivity contribution in [1.29, 1.82) is 0 Å². The molecule has 5 nitrogen and oxygen atoms in total. The van der Waals surface area contributed by atoms with Crippen LogP contribution in [0.5, 0.6) is 11.5 Å². The van der Waals surface area contributed by atoms with Crippen molar-refractivity contribution in [2.75, 3.05) is 13.2 Å². The van der Waals surface area contributed by atoms with E-state index in [1.807, 2.05) is 11.7 Å². The second-order valence-corrected chi connectivity index (χ2v) is 14.1. The molecule has 0 bridgehead atoms. The summed E-state index contributed by atoms with van der Waals surface area (Å²) in [6, 6.07) is 32.8. The van der Waals surface area contributed by atoms with Crippen LogP contribution in [0, 0.1) is 11.8 Å². The van der Waals surface area contributed by atoms with Crippen molar-refractivity contribution in [3.05, 3.63) is 96.8 Å². The zero-order valence-electron chi connectivity index (χ0n) is 32.0. The van der Waals surface area contributed by atoms with Gasteiger partial charge in [-0.1, -0.05) is 116 Å². The van der Waals surface area contributed by atoms with Gasteiger partial charge in [0.05, 0.1) is 13.2 Å². The number of unbranched alkanes of at least 4 members (excludes halogenated alkanes) is 2. The van der Waals surface area contributed by atoms with Crippen molar-refractivity contribution < 1.29 is 9.47 Å². The molecule has 5 aromatic rings. The number of ether oxygens (including phenoxy) is 2. The third-order valence-electron chi connectivity index (χ3n) is 10.1. The molecule has 5 heteroatoms. The summed E-state index contributed by atoms with van der Waals surface area (Å²) >= 11 is 0. The Morgan fingerprint density at radius 1 is 0.549 bits per heavy atom. The van der Waals surface area contributed by atoms with Gasteiger partial charge in [0, 0.05) is 19.0 Å². The summed E-state index contributed by atoms with van der Waals surface area (Å²) in [6.45, 7) is 12.7. The maximum absolute atomic E-state index is 6.26. The van der Waals surface area contributed by atoms with Crippen molar-refractivity contribution in [3.8, 4) is 56.3 Å². The predicted molar refractivity (Wildman–Crippen MR) is 214 cm³/mol. The number of hydrogen-bond acceptors (Lipinski definition) is 4. The van der Waals surface area contributed by atoms with E-state index in [9.17, 15) is 0 Å². The Hall–Kier alpha value is -4.38. The van der Waals surface area contributed by atoms with Gasteiger partial charge in [-0.3, -0.25) is 0 Å². The van der Waals surface area contributed by atoms with Gasteiger partial charge in [0.15, 0.2) is 11.6 Å². The Morgan fingerprint density at radius 3 is 1.49 bits per heavy atom. The van der Waals surface area contributed by atoms with E-state index < -0.39 is 0 Å². The Bertz CT molecular complexity index is 1690. The molecular weight excluding hydrogens is 627 g/mol. The molecule has 1 heterocycles. The first-order valence-corrected chi connectivity index (χ1v) is 19.6. The highest BCUT2D eigenvalue weighted by Crippen LogP contribution is 2.35. The molecule has 4 aromatic carbocycles. The molecule has 1 aromatic heterocycles. The maximum atomic E-state index is 6.26. The molecule has 270 valence electrons. The van der Waals surface area contributed by atoms with Crippen molar-refractivity contribution in [2.45, 2.75) is 98.8 Å². The first-order chi connectivity index (χ1) is 24.9. The number of aryl methyl sites for hydroxylation is 2. The van der Waals surface area contributed by atoms with Crippen molar-refractivity contribution in [1.82, 2.24) is 14.8 Å². The van der Waals surface area contributed by atoms with E-state index in [1.54, 1.807) is 0 Å². The highest BCUT2D eigenvalue weighted by atomic mass is 16.5. The van der Waals surface area contributed by atoms with Gasteiger partial charge in [-0.25, -0.2) is 9.67 Å². The highest BCUT2D eigenvalue weighted by Gasteiger charge is 2.14. The molecule has 0 fully saturated rings. The summed E-state index contributed by atoms with van der Waals surface area (Å²) in [4.78, 5) is 4.87. The molecule has 0 aliphatic heterocycles. The van der Waals surface area contributed by atoms with Gasteiger partial charge >= 0.3 is 0 Å². The average molecular weight is 686 g/mol. The van der Waals surface area contributed by atoms with Gasteiger partial charge in [-0.05, 0) is 113 Å². The third-order valence-corrected chi connectivity index (χ3v) is 10.1. The standard InChI is InChI=1S/C46H59N3O2/c1-7-12-16-34(10-4)32-50-43-24-20-36(21-25-43)40-29-41(37-22-26-44(27-23-37)51-33-35(11-5)17-13-8-2)31-42(30-40)38-18-14-19-39(28-38)46-47-45(15-9-3)48-49(46)6/h14,18-31,34-35H,7-13,15-17,32-33H2,1-6H3. The second kappa shape index (κ2) is 19.3. The van der Waals surface area contributed by atoms with Crippen LogP contribution >= 0.6 is 0 Å². The van der Waals surface area contributed by atoms with Crippen molar-refractivity contribution in [3.63, 3.8) is 0 Å². The largest absolute Gasteiger partial charge is 0.493 e. The molecule has 51 heavy (non-hydrogen) atoms. The van der Waals surface area contributed by atoms with Gasteiger partial charge in [0.1, 0.15) is 11.5 Å². The molecule has 0 saturated carbocycles. The van der Waals surface area contributed by atoms with Crippen LogP contribution in [-0.2, 0) is 13.5 Å². The molecule has 0 radical (unpaired) electrons. The minimum absolute atomic E-state index is 0.602. The van der Waals surface area contributed by atoms with Gasteiger partial charge in [-0.2, -0.15) is 5.10 Å². The zero-order chi connectivity index (χ0) is 36.0. The predicted octanol–water partition coefficient (Wildman–Crippen LogP) is 12.6. The van der Waals surface area contributed by atoms with Crippen LogP contribution in [0.25, 0.3) is 44.8 Å². The van der Waals surface area contributed by atoms with Gasteiger partial charge in [0.2, 0.25) is 0 Å². The summed E-state index contributed by atoms with van der Waals surface area (Å²) < 4.78 is 14.4. The van der Waals surface area contributed by atoms with Gasteiger partial charge in [0.25, 0.3) is 0 Å². The summed E-state index contributed by atoms with van der Waals surface area (Å²) in [5.74, 6) is 4.85. The number of benzene rings is 4. The summed E-state index contributed by atoms with van der Waals surface area (Å²) in [5.41, 5.74) is 8.02. The third kappa shape index (κ3) is 10.6. The second-order valence-electron chi connectivity index (χ2n) is 14.1. The minimum Gasteiger partial charge on any atom is -0.493 e. The number of nitrogens with zero attached hydrogens (tertiary/aromatic N) is 3. The molecule has 0 aliphatic carbocycles. The molecule has 0 amide bonds. The quantitative estimate of drug-likeness (QED) is 0.0818. The number of aromatic nitrogens is 3. The zero-order valence-corrected chi connectivity index (χ0v) is 32.0. The summed E-state index contributed by atoms with van der Waals surface area (Å²) in [6.07, 6.45) is 11.6. The first-order valence-electron chi connectivity index (χ1n) is 19.6. The lowest BCUT2D eigenvalue weighted by Crippen LogP contribution is -2.11. The Labute approximate surface area is 307 Å². The Morgan fingerprint density at radius 2 is 1.02 bits per heavy atom. The van der Waals surface area contributed by atoms with E-state index in [2.05, 4.69) is 131 Å². The van der Waals surface area contributed by atoms with E-state index in [0.29, 0.717) is 11.8 Å². The van der Waals surface area contributed by atoms with Crippen molar-refractivity contribution in [2.24, 2.45) is 18.9 Å². The lowest BCUT2D eigenvalue weighted by molar-refractivity contribution is 0.233. The van der Waals surface area contributed by atoms with Crippen molar-refractivity contribution >= 4 is 0 Å². The molecule has 5 rings (SSSR count). The number of rotatable bonds is 20. The Kier molecular flexibility index (Phi) is 14.3. The van der Waals surface area contributed by atoms with E-state index in [4.69, 9.17) is 14.5 Å². The lowest BCUT2D eigenvalue weighted by atomic mass is 9.92. The summed E-state index contributed by atoms with van der Waals surface area (Å²) in [5, 5.41) is 4.67. The molecule has 0 aliphatic rings. The molecular formula is C46H59N3O2. The van der Waals surface area contributed by atoms with Crippen LogP contribution in [0.2, 0.25) is 0 Å². The molecule has 0 N–H and O–H groups in total. The van der Waals surface area contributed by atoms with Crippen LogP contribution in [0.15, 0.2) is 91.0 Å². The smallest absolute Gasteiger partial charge is 0.158 e. The normalized spacial score (nSPS) is 12.5. The van der Waals surface area contributed by atoms with Crippen LogP contribution in [0.4, 0.5) is 0 Å². The van der Waals surface area contributed by atoms with Gasteiger partial charge < -0.3 is 9.47 Å². The van der Waals surface area contributed by atoms with Gasteiger partial charge in [-0.15, -0.1) is 0 Å². The topological polar surface area (TPSA) is 49.2 Å². The summed E-state index contributed by atoms with van der Waals surface area (Å²) in [7, 11) is 1.98. The SMILES string of the molecule is CCCCC(CC)COc1ccc(-c2cc(-c3ccc(OCC(CC)CCCC)cc3)cc(-c3cccc(-c4nc(CCC)nn4C)c3)c2)cc1. The monoisotopic (exact) mass is 685 g/mol. The minimum atomic E-state index is 0.602. The average Bonchev–Trinajstić information content (AvgIpc) is 3.55. The molecule has 2 unspecified atom stereocenters. The lowest BCUT2D eigenvalue weighted by Gasteiger charge is -2.16. The molecule has 0 saturated heterocycles. The van der Waals surface area contributed by atoms with E-state index in [0.717, 1.165) is 89.9 Å². The highest BCUT2D eigenvalue weighted by molar-refractivity contribution is 5.82. The fourth-order valence-corrected chi connectivity index (χ4v) is 6.70. The van der Waals surface area contributed by atoms with E-state index in [-0.39, 0.29) is 0 Å². The molecule has 0 spiro atoms. The number of hydrogen-bond donors (Lipinski definition) is 0. The first kappa shape index (κ1) is 37.9. The van der Waals surface area contributed by atoms with Crippen LogP contribution in [0.3, 0.4) is 0 Å². The Balaban J connectivity index is 1.45. The van der Waals surface area contributed by atoms with E-state index in [1.165, 1.54) is 49.7 Å². The van der Waals surface area contributed by atoms with Crippen LogP contribution in [-0.4, -0.2) is 28.0 Å².